The molecule has 0 aliphatic heterocycles. The average Bonchev–Trinajstić information content (AvgIpc) is 3.00. The van der Waals surface area contributed by atoms with Crippen LogP contribution in [0.25, 0.3) is 0 Å². The molecule has 0 aromatic heterocycles. The summed E-state index contributed by atoms with van der Waals surface area (Å²) in [6.07, 6.45) is 4.04. The first kappa shape index (κ1) is 17.2. The molecule has 0 bridgehead atoms. The standard InChI is InChI=1S/C27H24O/c1-19-16-17-27(24(18-19)20-10-4-2-5-11-20)25(21-12-6-3-7-13-21)22-14-8-9-15-23(22)26(27)28/h2-16,24-25H,17-18H2,1H3/t24-,25+,27+/m1/s1. The summed E-state index contributed by atoms with van der Waals surface area (Å²) >= 11 is 0. The van der Waals surface area contributed by atoms with E-state index in [4.69, 9.17) is 0 Å². The number of carbonyl (C=O) groups is 1. The normalized spacial score (nSPS) is 26.2. The van der Waals surface area contributed by atoms with Gasteiger partial charge in [0.1, 0.15) is 0 Å². The zero-order valence-electron chi connectivity index (χ0n) is 16.1. The molecule has 1 nitrogen and oxygen atoms in total. The Hall–Kier alpha value is -2.93. The van der Waals surface area contributed by atoms with Crippen molar-refractivity contribution in [2.45, 2.75) is 31.6 Å². The lowest BCUT2D eigenvalue weighted by atomic mass is 9.57. The molecule has 0 saturated heterocycles. The monoisotopic (exact) mass is 364 g/mol. The first-order chi connectivity index (χ1) is 13.7. The molecule has 0 fully saturated rings. The van der Waals surface area contributed by atoms with Crippen LogP contribution >= 0.6 is 0 Å². The minimum atomic E-state index is -0.452. The molecular formula is C27H24O. The van der Waals surface area contributed by atoms with Crippen LogP contribution in [0.5, 0.6) is 0 Å². The number of Topliss-reactive ketones (excluding diaryl/α,β-unsaturated/α-hetero) is 1. The van der Waals surface area contributed by atoms with Gasteiger partial charge in [0.15, 0.2) is 5.78 Å². The van der Waals surface area contributed by atoms with E-state index >= 15 is 0 Å². The maximum Gasteiger partial charge on any atom is 0.171 e. The van der Waals surface area contributed by atoms with E-state index in [1.165, 1.54) is 22.3 Å². The lowest BCUT2D eigenvalue weighted by molar-refractivity contribution is 0.0732. The minimum Gasteiger partial charge on any atom is -0.293 e. The largest absolute Gasteiger partial charge is 0.293 e. The van der Waals surface area contributed by atoms with Crippen LogP contribution in [0.3, 0.4) is 0 Å². The number of carbonyl (C=O) groups excluding carboxylic acids is 1. The van der Waals surface area contributed by atoms with Crippen molar-refractivity contribution in [3.63, 3.8) is 0 Å². The van der Waals surface area contributed by atoms with Gasteiger partial charge in [0.25, 0.3) is 0 Å². The second kappa shape index (κ2) is 6.60. The highest BCUT2D eigenvalue weighted by Crippen LogP contribution is 2.62. The quantitative estimate of drug-likeness (QED) is 0.473. The van der Waals surface area contributed by atoms with Gasteiger partial charge in [-0.1, -0.05) is 96.6 Å². The average molecular weight is 364 g/mol. The fourth-order valence-electron chi connectivity index (χ4n) is 5.48. The second-order valence-electron chi connectivity index (χ2n) is 8.22. The summed E-state index contributed by atoms with van der Waals surface area (Å²) in [4.78, 5) is 14.0. The molecule has 1 heteroatoms. The number of allylic oxidation sites excluding steroid dienone is 2. The molecule has 5 rings (SSSR count). The first-order valence-corrected chi connectivity index (χ1v) is 10.1. The molecule has 0 saturated carbocycles. The molecule has 138 valence electrons. The Kier molecular flexibility index (Phi) is 4.05. The molecule has 0 radical (unpaired) electrons. The van der Waals surface area contributed by atoms with Crippen LogP contribution in [0, 0.1) is 5.41 Å². The lowest BCUT2D eigenvalue weighted by Crippen LogP contribution is -2.40. The van der Waals surface area contributed by atoms with Gasteiger partial charge in [0.2, 0.25) is 0 Å². The smallest absolute Gasteiger partial charge is 0.171 e. The number of ketones is 1. The molecule has 0 N–H and O–H groups in total. The Bertz CT molecular complexity index is 1050. The van der Waals surface area contributed by atoms with Crippen LogP contribution in [0.4, 0.5) is 0 Å². The Morgan fingerprint density at radius 2 is 1.39 bits per heavy atom. The Balaban J connectivity index is 1.78. The molecule has 2 aliphatic carbocycles. The second-order valence-corrected chi connectivity index (χ2v) is 8.22. The Morgan fingerprint density at radius 3 is 2.11 bits per heavy atom. The van der Waals surface area contributed by atoms with Gasteiger partial charge in [-0.15, -0.1) is 0 Å². The zero-order chi connectivity index (χ0) is 19.1. The van der Waals surface area contributed by atoms with Crippen LogP contribution in [-0.4, -0.2) is 5.78 Å². The van der Waals surface area contributed by atoms with Crippen LogP contribution in [0.2, 0.25) is 0 Å². The van der Waals surface area contributed by atoms with Gasteiger partial charge in [0, 0.05) is 17.4 Å². The summed E-state index contributed by atoms with van der Waals surface area (Å²) in [5, 5.41) is 0. The predicted octanol–water partition coefficient (Wildman–Crippen LogP) is 6.53. The van der Waals surface area contributed by atoms with Gasteiger partial charge in [-0.2, -0.15) is 0 Å². The van der Waals surface area contributed by atoms with Gasteiger partial charge in [-0.3, -0.25) is 4.79 Å². The summed E-state index contributed by atoms with van der Waals surface area (Å²) in [5.41, 5.74) is 5.55. The summed E-state index contributed by atoms with van der Waals surface area (Å²) in [7, 11) is 0. The van der Waals surface area contributed by atoms with E-state index in [1.807, 2.05) is 12.1 Å². The molecule has 3 aromatic rings. The first-order valence-electron chi connectivity index (χ1n) is 10.1. The highest BCUT2D eigenvalue weighted by molar-refractivity contribution is 6.07. The van der Waals surface area contributed by atoms with Gasteiger partial charge >= 0.3 is 0 Å². The van der Waals surface area contributed by atoms with Crippen molar-refractivity contribution in [2.75, 3.05) is 0 Å². The molecule has 0 amide bonds. The van der Waals surface area contributed by atoms with Crippen molar-refractivity contribution in [1.29, 1.82) is 0 Å². The summed E-state index contributed by atoms with van der Waals surface area (Å²) in [6, 6.07) is 29.5. The SMILES string of the molecule is CC1=CC[C@]2(C(=O)c3ccccc3[C@@H]2c2ccccc2)[C@@H](c2ccccc2)C1. The fraction of sp³-hybridized carbons (Fsp3) is 0.222. The van der Waals surface area contributed by atoms with E-state index < -0.39 is 5.41 Å². The molecule has 0 unspecified atom stereocenters. The summed E-state index contributed by atoms with van der Waals surface area (Å²) in [6.45, 7) is 2.20. The van der Waals surface area contributed by atoms with Gasteiger partial charge < -0.3 is 0 Å². The highest BCUT2D eigenvalue weighted by atomic mass is 16.1. The Labute approximate surface area is 166 Å². The molecule has 3 aromatic carbocycles. The number of fused-ring (bicyclic) bond motifs is 1. The molecular weight excluding hydrogens is 340 g/mol. The van der Waals surface area contributed by atoms with E-state index in [-0.39, 0.29) is 11.8 Å². The molecule has 2 aliphatic rings. The lowest BCUT2D eigenvalue weighted by Gasteiger charge is -2.44. The van der Waals surface area contributed by atoms with Crippen molar-refractivity contribution in [2.24, 2.45) is 5.41 Å². The fourth-order valence-corrected chi connectivity index (χ4v) is 5.48. The van der Waals surface area contributed by atoms with Gasteiger partial charge in [-0.25, -0.2) is 0 Å². The third-order valence-corrected chi connectivity index (χ3v) is 6.73. The van der Waals surface area contributed by atoms with Crippen molar-refractivity contribution in [3.05, 3.63) is 119 Å². The van der Waals surface area contributed by atoms with Crippen molar-refractivity contribution >= 4 is 5.78 Å². The van der Waals surface area contributed by atoms with Crippen LogP contribution in [0.1, 0.15) is 58.6 Å². The number of rotatable bonds is 2. The van der Waals surface area contributed by atoms with Crippen molar-refractivity contribution in [3.8, 4) is 0 Å². The molecule has 0 heterocycles. The summed E-state index contributed by atoms with van der Waals surface area (Å²) in [5.74, 6) is 0.588. The predicted molar refractivity (Wildman–Crippen MR) is 114 cm³/mol. The Morgan fingerprint density at radius 1 is 0.786 bits per heavy atom. The molecule has 1 spiro atoms. The van der Waals surface area contributed by atoms with E-state index in [0.717, 1.165) is 18.4 Å². The third kappa shape index (κ3) is 2.43. The van der Waals surface area contributed by atoms with E-state index in [1.54, 1.807) is 0 Å². The highest BCUT2D eigenvalue weighted by Gasteiger charge is 2.58. The topological polar surface area (TPSA) is 17.1 Å². The maximum atomic E-state index is 14.0. The van der Waals surface area contributed by atoms with Crippen molar-refractivity contribution < 1.29 is 4.79 Å². The number of hydrogen-bond acceptors (Lipinski definition) is 1. The molecule has 3 atom stereocenters. The minimum absolute atomic E-state index is 0.0898. The van der Waals surface area contributed by atoms with Crippen LogP contribution in [-0.2, 0) is 0 Å². The van der Waals surface area contributed by atoms with Crippen LogP contribution in [0.15, 0.2) is 96.6 Å². The third-order valence-electron chi connectivity index (χ3n) is 6.73. The van der Waals surface area contributed by atoms with Crippen LogP contribution < -0.4 is 0 Å². The van der Waals surface area contributed by atoms with E-state index in [9.17, 15) is 4.79 Å². The maximum absolute atomic E-state index is 14.0. The van der Waals surface area contributed by atoms with Crippen molar-refractivity contribution in [1.82, 2.24) is 0 Å². The van der Waals surface area contributed by atoms with Gasteiger partial charge in [0.05, 0.1) is 5.41 Å². The van der Waals surface area contributed by atoms with E-state index in [2.05, 4.69) is 85.8 Å². The van der Waals surface area contributed by atoms with E-state index in [0.29, 0.717) is 5.78 Å². The number of benzene rings is 3. The number of hydrogen-bond donors (Lipinski definition) is 0. The molecule has 28 heavy (non-hydrogen) atoms. The zero-order valence-corrected chi connectivity index (χ0v) is 16.1. The summed E-state index contributed by atoms with van der Waals surface area (Å²) < 4.78 is 0. The van der Waals surface area contributed by atoms with Gasteiger partial charge in [-0.05, 0) is 36.5 Å².